The second-order valence-corrected chi connectivity index (χ2v) is 7.47. The standard InChI is InChI=1S/C17H23NO5S/c1-11(24-15(20)12-9-7-6-8-10-12)13(14(19)22-5)18-16(21)23-17(2,3)4/h6-11,13H,1-5H3,(H,18,21)/t11-,13-/m0/s1. The lowest BCUT2D eigenvalue weighted by Crippen LogP contribution is -2.49. The first-order chi connectivity index (χ1) is 11.1. The minimum atomic E-state index is -0.998. The molecule has 7 heteroatoms. The Kier molecular flexibility index (Phi) is 7.28. The molecule has 1 aromatic carbocycles. The van der Waals surface area contributed by atoms with Gasteiger partial charge in [0.2, 0.25) is 5.12 Å². The summed E-state index contributed by atoms with van der Waals surface area (Å²) in [6, 6.07) is 7.71. The van der Waals surface area contributed by atoms with Crippen molar-refractivity contribution in [3.8, 4) is 0 Å². The lowest BCUT2D eigenvalue weighted by atomic mass is 10.2. The van der Waals surface area contributed by atoms with Crippen molar-refractivity contribution in [1.29, 1.82) is 0 Å². The molecule has 0 unspecified atom stereocenters. The fourth-order valence-corrected chi connectivity index (χ4v) is 2.73. The molecule has 2 atom stereocenters. The minimum Gasteiger partial charge on any atom is -0.467 e. The van der Waals surface area contributed by atoms with E-state index in [1.54, 1.807) is 52.0 Å². The molecule has 0 aliphatic carbocycles. The van der Waals surface area contributed by atoms with E-state index >= 15 is 0 Å². The minimum absolute atomic E-state index is 0.192. The van der Waals surface area contributed by atoms with Crippen LogP contribution in [0.15, 0.2) is 30.3 Å². The predicted octanol–water partition coefficient (Wildman–Crippen LogP) is 3.01. The van der Waals surface area contributed by atoms with E-state index in [1.807, 2.05) is 6.07 Å². The first-order valence-electron chi connectivity index (χ1n) is 7.47. The van der Waals surface area contributed by atoms with Gasteiger partial charge in [-0.2, -0.15) is 0 Å². The summed E-state index contributed by atoms with van der Waals surface area (Å²) in [5.41, 5.74) is -0.170. The molecule has 0 radical (unpaired) electrons. The quantitative estimate of drug-likeness (QED) is 0.820. The number of carbonyl (C=O) groups excluding carboxylic acids is 3. The molecular formula is C17H23NO5S. The Bertz CT molecular complexity index is 582. The van der Waals surface area contributed by atoms with Gasteiger partial charge in [0.1, 0.15) is 11.6 Å². The van der Waals surface area contributed by atoms with Crippen LogP contribution >= 0.6 is 11.8 Å². The number of alkyl carbamates (subject to hydrolysis) is 1. The van der Waals surface area contributed by atoms with Gasteiger partial charge in [-0.3, -0.25) is 4.79 Å². The van der Waals surface area contributed by atoms with Gasteiger partial charge in [0, 0.05) is 10.8 Å². The van der Waals surface area contributed by atoms with Crippen molar-refractivity contribution in [2.45, 2.75) is 44.6 Å². The normalized spacial score (nSPS) is 13.5. The summed E-state index contributed by atoms with van der Waals surface area (Å²) >= 11 is 0.954. The Morgan fingerprint density at radius 2 is 1.71 bits per heavy atom. The third kappa shape index (κ3) is 6.62. The van der Waals surface area contributed by atoms with Crippen molar-refractivity contribution in [2.75, 3.05) is 7.11 Å². The third-order valence-corrected chi connectivity index (χ3v) is 3.99. The van der Waals surface area contributed by atoms with Gasteiger partial charge in [0.05, 0.1) is 7.11 Å². The molecule has 0 bridgehead atoms. The average Bonchev–Trinajstić information content (AvgIpc) is 2.50. The van der Waals surface area contributed by atoms with Crippen LogP contribution in [0.2, 0.25) is 0 Å². The molecule has 0 heterocycles. The van der Waals surface area contributed by atoms with Crippen LogP contribution in [0.4, 0.5) is 4.79 Å². The maximum Gasteiger partial charge on any atom is 0.408 e. The molecule has 0 saturated heterocycles. The summed E-state index contributed by atoms with van der Waals surface area (Å²) in [5.74, 6) is -0.637. The Hall–Kier alpha value is -2.02. The number of rotatable bonds is 5. The van der Waals surface area contributed by atoms with Crippen molar-refractivity contribution >= 4 is 28.9 Å². The van der Waals surface area contributed by atoms with Gasteiger partial charge in [-0.1, -0.05) is 49.0 Å². The van der Waals surface area contributed by atoms with Crippen LogP contribution in [0.5, 0.6) is 0 Å². The molecule has 0 aromatic heterocycles. The molecule has 1 aromatic rings. The van der Waals surface area contributed by atoms with E-state index in [-0.39, 0.29) is 5.12 Å². The molecule has 6 nitrogen and oxygen atoms in total. The first-order valence-corrected chi connectivity index (χ1v) is 8.35. The monoisotopic (exact) mass is 353 g/mol. The van der Waals surface area contributed by atoms with Gasteiger partial charge in [0.25, 0.3) is 0 Å². The van der Waals surface area contributed by atoms with Crippen LogP contribution in [-0.2, 0) is 14.3 Å². The lowest BCUT2D eigenvalue weighted by molar-refractivity contribution is -0.143. The van der Waals surface area contributed by atoms with Crippen LogP contribution in [-0.4, -0.2) is 41.2 Å². The molecule has 0 aliphatic heterocycles. The van der Waals surface area contributed by atoms with Crippen LogP contribution in [0.3, 0.4) is 0 Å². The Labute approximate surface area is 146 Å². The summed E-state index contributed by atoms with van der Waals surface area (Å²) in [7, 11) is 1.22. The van der Waals surface area contributed by atoms with E-state index in [9.17, 15) is 14.4 Å². The number of hydrogen-bond acceptors (Lipinski definition) is 6. The van der Waals surface area contributed by atoms with Crippen LogP contribution in [0.25, 0.3) is 0 Å². The molecule has 0 spiro atoms. The second-order valence-electron chi connectivity index (χ2n) is 6.12. The third-order valence-electron chi connectivity index (χ3n) is 2.90. The average molecular weight is 353 g/mol. The van der Waals surface area contributed by atoms with Gasteiger partial charge < -0.3 is 14.8 Å². The number of esters is 1. The Balaban J connectivity index is 2.78. The van der Waals surface area contributed by atoms with E-state index in [2.05, 4.69) is 5.32 Å². The van der Waals surface area contributed by atoms with E-state index in [0.29, 0.717) is 5.56 Å². The zero-order chi connectivity index (χ0) is 18.3. The number of nitrogens with one attached hydrogen (secondary N) is 1. The Morgan fingerprint density at radius 3 is 2.21 bits per heavy atom. The molecule has 1 amide bonds. The molecule has 1 rings (SSSR count). The zero-order valence-corrected chi connectivity index (χ0v) is 15.3. The molecule has 132 valence electrons. The van der Waals surface area contributed by atoms with Gasteiger partial charge in [-0.25, -0.2) is 9.59 Å². The summed E-state index contributed by atoms with van der Waals surface area (Å²) in [6.07, 6.45) is -0.738. The maximum atomic E-state index is 12.3. The highest BCUT2D eigenvalue weighted by Gasteiger charge is 2.31. The van der Waals surface area contributed by atoms with E-state index in [0.717, 1.165) is 11.8 Å². The molecule has 0 saturated carbocycles. The zero-order valence-electron chi connectivity index (χ0n) is 14.5. The predicted molar refractivity (Wildman–Crippen MR) is 93.0 cm³/mol. The number of thioether (sulfide) groups is 1. The van der Waals surface area contributed by atoms with E-state index < -0.39 is 29.0 Å². The number of amides is 1. The summed E-state index contributed by atoms with van der Waals surface area (Å²) in [4.78, 5) is 36.1. The summed E-state index contributed by atoms with van der Waals surface area (Å²) < 4.78 is 9.87. The van der Waals surface area contributed by atoms with Crippen molar-refractivity contribution in [1.82, 2.24) is 5.32 Å². The second kappa shape index (κ2) is 8.73. The first kappa shape index (κ1) is 20.0. The van der Waals surface area contributed by atoms with Crippen molar-refractivity contribution in [2.24, 2.45) is 0 Å². The van der Waals surface area contributed by atoms with Crippen molar-refractivity contribution in [3.63, 3.8) is 0 Å². The number of carbonyl (C=O) groups is 3. The van der Waals surface area contributed by atoms with Gasteiger partial charge in [0.15, 0.2) is 0 Å². The number of benzene rings is 1. The highest BCUT2D eigenvalue weighted by Crippen LogP contribution is 2.21. The smallest absolute Gasteiger partial charge is 0.408 e. The summed E-state index contributed by atoms with van der Waals surface area (Å²) in [5, 5.41) is 1.75. The van der Waals surface area contributed by atoms with E-state index in [4.69, 9.17) is 9.47 Å². The maximum absolute atomic E-state index is 12.3. The molecule has 1 N–H and O–H groups in total. The van der Waals surface area contributed by atoms with Crippen molar-refractivity contribution < 1.29 is 23.9 Å². The highest BCUT2D eigenvalue weighted by molar-refractivity contribution is 8.14. The lowest BCUT2D eigenvalue weighted by Gasteiger charge is -2.25. The molecule has 24 heavy (non-hydrogen) atoms. The van der Waals surface area contributed by atoms with Gasteiger partial charge >= 0.3 is 12.1 Å². The fraction of sp³-hybridized carbons (Fsp3) is 0.471. The van der Waals surface area contributed by atoms with Gasteiger partial charge in [-0.15, -0.1) is 0 Å². The Morgan fingerprint density at radius 1 is 1.12 bits per heavy atom. The molecular weight excluding hydrogens is 330 g/mol. The molecule has 0 aliphatic rings. The van der Waals surface area contributed by atoms with Crippen LogP contribution in [0.1, 0.15) is 38.1 Å². The number of hydrogen-bond donors (Lipinski definition) is 1. The fourth-order valence-electron chi connectivity index (χ4n) is 1.81. The summed E-state index contributed by atoms with van der Waals surface area (Å²) in [6.45, 7) is 6.83. The van der Waals surface area contributed by atoms with Crippen LogP contribution in [0, 0.1) is 0 Å². The number of methoxy groups -OCH3 is 1. The molecule has 0 fully saturated rings. The van der Waals surface area contributed by atoms with Gasteiger partial charge in [-0.05, 0) is 20.8 Å². The highest BCUT2D eigenvalue weighted by atomic mass is 32.2. The SMILES string of the molecule is COC(=O)[C@@H](NC(=O)OC(C)(C)C)[C@H](C)SC(=O)c1ccccc1. The number of ether oxygens (including phenoxy) is 2. The largest absolute Gasteiger partial charge is 0.467 e. The van der Waals surface area contributed by atoms with Crippen molar-refractivity contribution in [3.05, 3.63) is 35.9 Å². The topological polar surface area (TPSA) is 81.7 Å². The van der Waals surface area contributed by atoms with E-state index in [1.165, 1.54) is 7.11 Å². The van der Waals surface area contributed by atoms with Crippen LogP contribution < -0.4 is 5.32 Å².